The molecule has 1 aliphatic rings. The van der Waals surface area contributed by atoms with E-state index < -0.39 is 0 Å². The second-order valence-corrected chi connectivity index (χ2v) is 5.24. The van der Waals surface area contributed by atoms with Gasteiger partial charge in [0.05, 0.1) is 5.52 Å². The fourth-order valence-electron chi connectivity index (χ4n) is 2.68. The van der Waals surface area contributed by atoms with Crippen molar-refractivity contribution in [2.75, 3.05) is 23.9 Å². The number of aromatic nitrogens is 1. The molecule has 0 unspecified atom stereocenters. The molecule has 0 saturated carbocycles. The van der Waals surface area contributed by atoms with Crippen LogP contribution in [0.2, 0.25) is 0 Å². The van der Waals surface area contributed by atoms with Crippen LogP contribution in [0, 0.1) is 5.92 Å². The molecule has 1 aromatic heterocycles. The summed E-state index contributed by atoms with van der Waals surface area (Å²) < 4.78 is 0. The van der Waals surface area contributed by atoms with Crippen LogP contribution in [0.15, 0.2) is 36.5 Å². The van der Waals surface area contributed by atoms with Gasteiger partial charge in [0.15, 0.2) is 0 Å². The number of benzene rings is 1. The van der Waals surface area contributed by atoms with Gasteiger partial charge in [-0.25, -0.2) is 0 Å². The summed E-state index contributed by atoms with van der Waals surface area (Å²) in [6, 6.07) is 10.5. The third kappa shape index (κ3) is 2.17. The van der Waals surface area contributed by atoms with E-state index in [1.807, 2.05) is 12.3 Å². The maximum absolute atomic E-state index is 5.94. The summed E-state index contributed by atoms with van der Waals surface area (Å²) in [5, 5.41) is 1.25. The predicted octanol–water partition coefficient (Wildman–Crippen LogP) is 3.69. The first-order chi connectivity index (χ1) is 8.88. The molecule has 3 rings (SSSR count). The van der Waals surface area contributed by atoms with Crippen molar-refractivity contribution in [2.24, 2.45) is 5.92 Å². The molecule has 2 nitrogen and oxygen atoms in total. The first-order valence-electron chi connectivity index (χ1n) is 6.53. The quantitative estimate of drug-likeness (QED) is 0.766. The second-order valence-electron chi connectivity index (χ2n) is 4.93. The van der Waals surface area contributed by atoms with E-state index in [0.29, 0.717) is 5.92 Å². The molecule has 3 heteroatoms. The topological polar surface area (TPSA) is 16.1 Å². The van der Waals surface area contributed by atoms with Gasteiger partial charge in [0, 0.05) is 36.2 Å². The molecular weight excluding hydrogens is 244 g/mol. The van der Waals surface area contributed by atoms with E-state index in [0.717, 1.165) is 24.5 Å². The number of piperidine rings is 1. The summed E-state index contributed by atoms with van der Waals surface area (Å²) in [7, 11) is 0. The van der Waals surface area contributed by atoms with Gasteiger partial charge in [-0.05, 0) is 30.9 Å². The number of hydrogen-bond donors (Lipinski definition) is 0. The standard InChI is InChI=1S/C15H17ClN2/c16-11-12-6-9-18(10-7-12)15-5-8-17-14-4-2-1-3-13(14)15/h1-5,8,12H,6-7,9-11H2. The largest absolute Gasteiger partial charge is 0.371 e. The van der Waals surface area contributed by atoms with Crippen molar-refractivity contribution >= 4 is 28.2 Å². The van der Waals surface area contributed by atoms with E-state index in [-0.39, 0.29) is 0 Å². The van der Waals surface area contributed by atoms with Crippen LogP contribution >= 0.6 is 11.6 Å². The van der Waals surface area contributed by atoms with Crippen LogP contribution in [0.3, 0.4) is 0 Å². The second kappa shape index (κ2) is 5.15. The summed E-state index contributed by atoms with van der Waals surface area (Å²) in [4.78, 5) is 6.89. The van der Waals surface area contributed by atoms with E-state index >= 15 is 0 Å². The van der Waals surface area contributed by atoms with Gasteiger partial charge in [0.1, 0.15) is 0 Å². The molecule has 0 aliphatic carbocycles. The highest BCUT2D eigenvalue weighted by atomic mass is 35.5. The normalized spacial score (nSPS) is 17.3. The fourth-order valence-corrected chi connectivity index (χ4v) is 2.99. The lowest BCUT2D eigenvalue weighted by atomic mass is 9.98. The molecule has 0 N–H and O–H groups in total. The highest BCUT2D eigenvalue weighted by molar-refractivity contribution is 6.18. The average Bonchev–Trinajstić information content (AvgIpc) is 2.47. The number of nitrogens with zero attached hydrogens (tertiary/aromatic N) is 2. The Balaban J connectivity index is 1.91. The first kappa shape index (κ1) is 11.8. The number of hydrogen-bond acceptors (Lipinski definition) is 2. The number of halogens is 1. The van der Waals surface area contributed by atoms with Crippen LogP contribution in [-0.2, 0) is 0 Å². The third-order valence-corrected chi connectivity index (χ3v) is 4.24. The summed E-state index contributed by atoms with van der Waals surface area (Å²) in [6.45, 7) is 2.21. The lowest BCUT2D eigenvalue weighted by Crippen LogP contribution is -2.34. The molecule has 1 aromatic carbocycles. The molecule has 1 aliphatic heterocycles. The summed E-state index contributed by atoms with van der Waals surface area (Å²) in [5.74, 6) is 1.49. The zero-order chi connectivity index (χ0) is 12.4. The van der Waals surface area contributed by atoms with Gasteiger partial charge in [-0.3, -0.25) is 4.98 Å². The number of alkyl halides is 1. The Labute approximate surface area is 113 Å². The van der Waals surface area contributed by atoms with E-state index in [9.17, 15) is 0 Å². The van der Waals surface area contributed by atoms with Crippen molar-refractivity contribution in [3.8, 4) is 0 Å². The van der Waals surface area contributed by atoms with E-state index in [1.165, 1.54) is 23.9 Å². The van der Waals surface area contributed by atoms with Crippen molar-refractivity contribution < 1.29 is 0 Å². The van der Waals surface area contributed by atoms with Crippen LogP contribution in [0.1, 0.15) is 12.8 Å². The molecule has 2 heterocycles. The van der Waals surface area contributed by atoms with Gasteiger partial charge in [0.2, 0.25) is 0 Å². The van der Waals surface area contributed by atoms with Crippen molar-refractivity contribution in [2.45, 2.75) is 12.8 Å². The minimum atomic E-state index is 0.691. The Hall–Kier alpha value is -1.28. The molecule has 1 fully saturated rings. The van der Waals surface area contributed by atoms with Gasteiger partial charge in [-0.2, -0.15) is 0 Å². The number of anilines is 1. The third-order valence-electron chi connectivity index (χ3n) is 3.80. The zero-order valence-corrected chi connectivity index (χ0v) is 11.1. The van der Waals surface area contributed by atoms with Gasteiger partial charge < -0.3 is 4.90 Å². The molecule has 0 amide bonds. The van der Waals surface area contributed by atoms with E-state index in [4.69, 9.17) is 11.6 Å². The van der Waals surface area contributed by atoms with Gasteiger partial charge >= 0.3 is 0 Å². The Bertz CT molecular complexity index is 528. The molecule has 0 radical (unpaired) electrons. The smallest absolute Gasteiger partial charge is 0.0722 e. The highest BCUT2D eigenvalue weighted by Crippen LogP contribution is 2.29. The Morgan fingerprint density at radius 2 is 1.94 bits per heavy atom. The number of pyridine rings is 1. The Morgan fingerprint density at radius 3 is 2.72 bits per heavy atom. The fraction of sp³-hybridized carbons (Fsp3) is 0.400. The summed E-state index contributed by atoms with van der Waals surface area (Å²) >= 11 is 5.94. The predicted molar refractivity (Wildman–Crippen MR) is 77.4 cm³/mol. The maximum Gasteiger partial charge on any atom is 0.0722 e. The molecule has 0 bridgehead atoms. The molecule has 0 spiro atoms. The number of rotatable bonds is 2. The molecule has 18 heavy (non-hydrogen) atoms. The summed E-state index contributed by atoms with van der Waals surface area (Å²) in [6.07, 6.45) is 4.30. The van der Waals surface area contributed by atoms with Gasteiger partial charge in [0.25, 0.3) is 0 Å². The molecule has 2 aromatic rings. The minimum absolute atomic E-state index is 0.691. The molecule has 1 saturated heterocycles. The minimum Gasteiger partial charge on any atom is -0.371 e. The first-order valence-corrected chi connectivity index (χ1v) is 7.06. The maximum atomic E-state index is 5.94. The highest BCUT2D eigenvalue weighted by Gasteiger charge is 2.19. The van der Waals surface area contributed by atoms with Crippen molar-refractivity contribution in [3.63, 3.8) is 0 Å². The van der Waals surface area contributed by atoms with Crippen LogP contribution in [0.25, 0.3) is 10.9 Å². The van der Waals surface area contributed by atoms with E-state index in [1.54, 1.807) is 0 Å². The number of fused-ring (bicyclic) bond motifs is 1. The van der Waals surface area contributed by atoms with Crippen LogP contribution < -0.4 is 4.90 Å². The average molecular weight is 261 g/mol. The van der Waals surface area contributed by atoms with Crippen LogP contribution in [0.5, 0.6) is 0 Å². The van der Waals surface area contributed by atoms with Crippen molar-refractivity contribution in [1.82, 2.24) is 4.98 Å². The van der Waals surface area contributed by atoms with Crippen molar-refractivity contribution in [1.29, 1.82) is 0 Å². The molecule has 94 valence electrons. The summed E-state index contributed by atoms with van der Waals surface area (Å²) in [5.41, 5.74) is 2.39. The SMILES string of the molecule is ClCC1CCN(c2ccnc3ccccc23)CC1. The zero-order valence-electron chi connectivity index (χ0n) is 10.3. The Morgan fingerprint density at radius 1 is 1.17 bits per heavy atom. The van der Waals surface area contributed by atoms with Gasteiger partial charge in [-0.1, -0.05) is 18.2 Å². The molecular formula is C15H17ClN2. The lowest BCUT2D eigenvalue weighted by molar-refractivity contribution is 0.443. The monoisotopic (exact) mass is 260 g/mol. The Kier molecular flexibility index (Phi) is 3.37. The molecule has 0 atom stereocenters. The van der Waals surface area contributed by atoms with Gasteiger partial charge in [-0.15, -0.1) is 11.6 Å². The van der Waals surface area contributed by atoms with Crippen LogP contribution in [0.4, 0.5) is 5.69 Å². The lowest BCUT2D eigenvalue weighted by Gasteiger charge is -2.33. The van der Waals surface area contributed by atoms with E-state index in [2.05, 4.69) is 34.1 Å². The number of para-hydroxylation sites is 1. The van der Waals surface area contributed by atoms with Crippen molar-refractivity contribution in [3.05, 3.63) is 36.5 Å². The van der Waals surface area contributed by atoms with Crippen LogP contribution in [-0.4, -0.2) is 24.0 Å².